The van der Waals surface area contributed by atoms with Crippen molar-refractivity contribution < 1.29 is 14.3 Å². The molecule has 0 aromatic rings. The van der Waals surface area contributed by atoms with Gasteiger partial charge in [0.05, 0.1) is 6.61 Å². The second-order valence-electron chi connectivity index (χ2n) is 7.35. The molecule has 0 radical (unpaired) electrons. The van der Waals surface area contributed by atoms with Crippen molar-refractivity contribution in [2.45, 2.75) is 70.7 Å². The van der Waals surface area contributed by atoms with Crippen LogP contribution in [0.5, 0.6) is 0 Å². The number of fused-ring (bicyclic) bond motifs is 1. The molecule has 0 spiro atoms. The molecule has 1 unspecified atom stereocenters. The van der Waals surface area contributed by atoms with Crippen molar-refractivity contribution >= 4 is 5.97 Å². The maximum Gasteiger partial charge on any atom is 0.334 e. The molecule has 0 amide bonds. The molecule has 1 saturated heterocycles. The Morgan fingerprint density at radius 2 is 2.17 bits per heavy atom. The van der Waals surface area contributed by atoms with Crippen molar-refractivity contribution in [1.29, 1.82) is 0 Å². The van der Waals surface area contributed by atoms with Gasteiger partial charge in [-0.25, -0.2) is 4.79 Å². The Bertz CT molecular complexity index is 559. The summed E-state index contributed by atoms with van der Waals surface area (Å²) >= 11 is 0. The van der Waals surface area contributed by atoms with E-state index in [1.165, 1.54) is 24.0 Å². The van der Waals surface area contributed by atoms with Crippen LogP contribution in [0.2, 0.25) is 0 Å². The minimum absolute atomic E-state index is 0.0922. The van der Waals surface area contributed by atoms with Gasteiger partial charge in [0, 0.05) is 17.5 Å². The standard InChI is InChI=1S/C20H29NO3/c1-13-5-4-6-16(12-23-15(3)21-17-8-9-17)7-10-18-14(2)20(22)24-19(18)11-13/h6,11,15,17-19,21H,2,4-5,7-10,12H2,1,3H3/t15?,18-,19+/m0/s1. The Morgan fingerprint density at radius 1 is 1.38 bits per heavy atom. The first-order chi connectivity index (χ1) is 11.5. The average Bonchev–Trinajstić information content (AvgIpc) is 3.30. The van der Waals surface area contributed by atoms with Crippen LogP contribution < -0.4 is 5.32 Å². The number of carbonyl (C=O) groups is 1. The summed E-state index contributed by atoms with van der Waals surface area (Å²) in [5.41, 5.74) is 3.21. The lowest BCUT2D eigenvalue weighted by molar-refractivity contribution is -0.137. The molecule has 3 rings (SSSR count). The zero-order valence-corrected chi connectivity index (χ0v) is 14.8. The number of nitrogens with one attached hydrogen (secondary N) is 1. The third-order valence-electron chi connectivity index (χ3n) is 5.11. The van der Waals surface area contributed by atoms with E-state index < -0.39 is 0 Å². The minimum Gasteiger partial charge on any atom is -0.454 e. The molecule has 2 aliphatic carbocycles. The van der Waals surface area contributed by atoms with Crippen LogP contribution >= 0.6 is 0 Å². The normalized spacial score (nSPS) is 29.4. The molecule has 0 aromatic carbocycles. The summed E-state index contributed by atoms with van der Waals surface area (Å²) in [5.74, 6) is -0.145. The van der Waals surface area contributed by atoms with E-state index in [0.29, 0.717) is 18.2 Å². The summed E-state index contributed by atoms with van der Waals surface area (Å²) in [6, 6.07) is 0.650. The second kappa shape index (κ2) is 7.66. The number of esters is 1. The summed E-state index contributed by atoms with van der Waals surface area (Å²) in [6.07, 6.45) is 10.7. The molecule has 4 nitrogen and oxygen atoms in total. The zero-order chi connectivity index (χ0) is 17.1. The lowest BCUT2D eigenvalue weighted by atomic mass is 9.88. The monoisotopic (exact) mass is 331 g/mol. The van der Waals surface area contributed by atoms with Crippen LogP contribution in [-0.4, -0.2) is 30.9 Å². The molecule has 2 fully saturated rings. The van der Waals surface area contributed by atoms with Crippen molar-refractivity contribution in [3.8, 4) is 0 Å². The van der Waals surface area contributed by atoms with Crippen molar-refractivity contribution in [2.75, 3.05) is 6.61 Å². The Labute approximate surface area is 145 Å². The zero-order valence-electron chi connectivity index (χ0n) is 14.8. The molecular weight excluding hydrogens is 302 g/mol. The fourth-order valence-electron chi connectivity index (χ4n) is 3.42. The van der Waals surface area contributed by atoms with Crippen LogP contribution in [-0.2, 0) is 14.3 Å². The quantitative estimate of drug-likeness (QED) is 0.362. The Hall–Kier alpha value is -1.39. The number of hydrogen-bond acceptors (Lipinski definition) is 4. The molecule has 1 heterocycles. The molecule has 0 aromatic heterocycles. The highest BCUT2D eigenvalue weighted by Gasteiger charge is 2.37. The summed E-state index contributed by atoms with van der Waals surface area (Å²) in [5, 5.41) is 3.46. The van der Waals surface area contributed by atoms with Gasteiger partial charge in [0.2, 0.25) is 0 Å². The van der Waals surface area contributed by atoms with Gasteiger partial charge in [0.25, 0.3) is 0 Å². The van der Waals surface area contributed by atoms with Gasteiger partial charge < -0.3 is 9.47 Å². The van der Waals surface area contributed by atoms with Crippen molar-refractivity contribution in [2.24, 2.45) is 5.92 Å². The Balaban J connectivity index is 1.60. The van der Waals surface area contributed by atoms with E-state index in [-0.39, 0.29) is 24.2 Å². The summed E-state index contributed by atoms with van der Waals surface area (Å²) in [7, 11) is 0. The number of rotatable bonds is 5. The highest BCUT2D eigenvalue weighted by atomic mass is 16.6. The molecule has 3 atom stereocenters. The Kier molecular flexibility index (Phi) is 5.57. The van der Waals surface area contributed by atoms with Crippen LogP contribution in [0, 0.1) is 5.92 Å². The van der Waals surface area contributed by atoms with E-state index in [9.17, 15) is 4.79 Å². The van der Waals surface area contributed by atoms with E-state index in [4.69, 9.17) is 9.47 Å². The fourth-order valence-corrected chi connectivity index (χ4v) is 3.42. The number of hydrogen-bond donors (Lipinski definition) is 1. The molecule has 1 saturated carbocycles. The molecule has 4 heteroatoms. The van der Waals surface area contributed by atoms with Gasteiger partial charge in [-0.05, 0) is 64.0 Å². The summed E-state index contributed by atoms with van der Waals surface area (Å²) in [6.45, 7) is 8.79. The van der Waals surface area contributed by atoms with Gasteiger partial charge in [-0.1, -0.05) is 18.2 Å². The first-order valence-electron chi connectivity index (χ1n) is 9.15. The summed E-state index contributed by atoms with van der Waals surface area (Å²) in [4.78, 5) is 11.9. The van der Waals surface area contributed by atoms with Crippen LogP contribution in [0.4, 0.5) is 0 Å². The van der Waals surface area contributed by atoms with Gasteiger partial charge >= 0.3 is 5.97 Å². The van der Waals surface area contributed by atoms with E-state index >= 15 is 0 Å². The molecule has 132 valence electrons. The summed E-state index contributed by atoms with van der Waals surface area (Å²) < 4.78 is 11.5. The van der Waals surface area contributed by atoms with Gasteiger partial charge in [0.15, 0.2) is 0 Å². The van der Waals surface area contributed by atoms with Crippen molar-refractivity contribution in [3.05, 3.63) is 35.5 Å². The van der Waals surface area contributed by atoms with Crippen molar-refractivity contribution in [1.82, 2.24) is 5.32 Å². The SMILES string of the molecule is C=C1C(=O)O[C@@H]2C=C(C)CCC=C(COC(C)NC3CC3)CC[C@@H]12. The van der Waals surface area contributed by atoms with E-state index in [2.05, 4.69) is 37.9 Å². The third kappa shape index (κ3) is 4.58. The van der Waals surface area contributed by atoms with Crippen LogP contribution in [0.25, 0.3) is 0 Å². The smallest absolute Gasteiger partial charge is 0.334 e. The Morgan fingerprint density at radius 3 is 2.92 bits per heavy atom. The van der Waals surface area contributed by atoms with Crippen LogP contribution in [0.3, 0.4) is 0 Å². The molecule has 3 aliphatic rings. The predicted molar refractivity (Wildman–Crippen MR) is 94.4 cm³/mol. The minimum atomic E-state index is -0.239. The number of ether oxygens (including phenoxy) is 2. The van der Waals surface area contributed by atoms with E-state index in [1.807, 2.05) is 0 Å². The first kappa shape index (κ1) is 17.4. The average molecular weight is 331 g/mol. The highest BCUT2D eigenvalue weighted by molar-refractivity contribution is 5.91. The molecule has 0 bridgehead atoms. The molecule has 24 heavy (non-hydrogen) atoms. The highest BCUT2D eigenvalue weighted by Crippen LogP contribution is 2.34. The first-order valence-corrected chi connectivity index (χ1v) is 9.15. The molecule has 1 N–H and O–H groups in total. The van der Waals surface area contributed by atoms with Crippen LogP contribution in [0.1, 0.15) is 52.4 Å². The molecular formula is C20H29NO3. The maximum absolute atomic E-state index is 11.9. The maximum atomic E-state index is 11.9. The predicted octanol–water partition coefficient (Wildman–Crippen LogP) is 3.65. The van der Waals surface area contributed by atoms with Gasteiger partial charge in [-0.2, -0.15) is 0 Å². The third-order valence-corrected chi connectivity index (χ3v) is 5.11. The fraction of sp³-hybridized carbons (Fsp3) is 0.650. The van der Waals surface area contributed by atoms with E-state index in [1.54, 1.807) is 0 Å². The molecule has 1 aliphatic heterocycles. The number of allylic oxidation sites excluding steroid dienone is 2. The largest absolute Gasteiger partial charge is 0.454 e. The van der Waals surface area contributed by atoms with Gasteiger partial charge in [-0.15, -0.1) is 0 Å². The van der Waals surface area contributed by atoms with Gasteiger partial charge in [0.1, 0.15) is 12.3 Å². The second-order valence-corrected chi connectivity index (χ2v) is 7.35. The van der Waals surface area contributed by atoms with Crippen molar-refractivity contribution in [3.63, 3.8) is 0 Å². The van der Waals surface area contributed by atoms with Gasteiger partial charge in [-0.3, -0.25) is 5.32 Å². The number of carbonyl (C=O) groups excluding carboxylic acids is 1. The lowest BCUT2D eigenvalue weighted by Crippen LogP contribution is -2.31. The van der Waals surface area contributed by atoms with Crippen LogP contribution in [0.15, 0.2) is 35.5 Å². The van der Waals surface area contributed by atoms with E-state index in [0.717, 1.165) is 25.7 Å². The lowest BCUT2D eigenvalue weighted by Gasteiger charge is -2.20. The topological polar surface area (TPSA) is 47.6 Å².